The van der Waals surface area contributed by atoms with Crippen LogP contribution in [-0.2, 0) is 0 Å². The summed E-state index contributed by atoms with van der Waals surface area (Å²) in [6.07, 6.45) is 3.54. The van der Waals surface area contributed by atoms with Crippen molar-refractivity contribution in [3.63, 3.8) is 0 Å². The van der Waals surface area contributed by atoms with Gasteiger partial charge in [0.1, 0.15) is 11.7 Å². The molecular formula is C13H9N3S. The molecule has 3 heterocycles. The Morgan fingerprint density at radius 2 is 2.29 bits per heavy atom. The molecule has 0 aliphatic heterocycles. The number of nitrogens with one attached hydrogen (secondary N) is 1. The number of pyridine rings is 1. The number of hydrogen-bond acceptors (Lipinski definition) is 3. The SMILES string of the molecule is Cc1sccc1-c1c[nH]c2ncc(C#N)cc12. The second kappa shape index (κ2) is 3.72. The van der Waals surface area contributed by atoms with Gasteiger partial charge >= 0.3 is 0 Å². The quantitative estimate of drug-likeness (QED) is 0.707. The standard InChI is InChI=1S/C13H9N3S/c1-8-10(2-3-17-8)12-7-16-13-11(12)4-9(5-14)6-15-13/h2-4,6-7H,1H3,(H,15,16). The van der Waals surface area contributed by atoms with Crippen molar-refractivity contribution in [2.24, 2.45) is 0 Å². The van der Waals surface area contributed by atoms with Crippen molar-refractivity contribution in [1.82, 2.24) is 9.97 Å². The summed E-state index contributed by atoms with van der Waals surface area (Å²) in [4.78, 5) is 8.65. The van der Waals surface area contributed by atoms with Crippen LogP contribution in [0.2, 0.25) is 0 Å². The fraction of sp³-hybridized carbons (Fsp3) is 0.0769. The zero-order chi connectivity index (χ0) is 11.8. The van der Waals surface area contributed by atoms with Gasteiger partial charge in [0.2, 0.25) is 0 Å². The van der Waals surface area contributed by atoms with Crippen LogP contribution in [-0.4, -0.2) is 9.97 Å². The molecule has 0 bridgehead atoms. The highest BCUT2D eigenvalue weighted by molar-refractivity contribution is 7.10. The maximum Gasteiger partial charge on any atom is 0.137 e. The number of aromatic amines is 1. The van der Waals surface area contributed by atoms with E-state index in [1.165, 1.54) is 10.4 Å². The van der Waals surface area contributed by atoms with Crippen molar-refractivity contribution in [1.29, 1.82) is 5.26 Å². The number of fused-ring (bicyclic) bond motifs is 1. The van der Waals surface area contributed by atoms with Gasteiger partial charge in [0.15, 0.2) is 0 Å². The minimum Gasteiger partial charge on any atom is -0.346 e. The van der Waals surface area contributed by atoms with E-state index < -0.39 is 0 Å². The number of nitriles is 1. The van der Waals surface area contributed by atoms with Gasteiger partial charge in [-0.15, -0.1) is 11.3 Å². The fourth-order valence-corrected chi connectivity index (χ4v) is 2.66. The van der Waals surface area contributed by atoms with Gasteiger partial charge in [-0.05, 0) is 30.0 Å². The van der Waals surface area contributed by atoms with E-state index in [9.17, 15) is 0 Å². The van der Waals surface area contributed by atoms with Crippen LogP contribution in [0.25, 0.3) is 22.2 Å². The van der Waals surface area contributed by atoms with Crippen LogP contribution in [0.1, 0.15) is 10.4 Å². The zero-order valence-corrected chi connectivity index (χ0v) is 10.0. The van der Waals surface area contributed by atoms with Crippen LogP contribution >= 0.6 is 11.3 Å². The van der Waals surface area contributed by atoms with E-state index in [0.29, 0.717) is 5.56 Å². The fourth-order valence-electron chi connectivity index (χ4n) is 1.95. The number of aromatic nitrogens is 2. The van der Waals surface area contributed by atoms with Gasteiger partial charge in [-0.25, -0.2) is 4.98 Å². The normalized spacial score (nSPS) is 10.6. The Kier molecular flexibility index (Phi) is 2.20. The van der Waals surface area contributed by atoms with Crippen LogP contribution in [0.4, 0.5) is 0 Å². The molecule has 0 radical (unpaired) electrons. The van der Waals surface area contributed by atoms with E-state index in [2.05, 4.69) is 34.4 Å². The lowest BCUT2D eigenvalue weighted by molar-refractivity contribution is 1.31. The van der Waals surface area contributed by atoms with Crippen LogP contribution < -0.4 is 0 Å². The molecule has 17 heavy (non-hydrogen) atoms. The summed E-state index contributed by atoms with van der Waals surface area (Å²) in [5.41, 5.74) is 3.73. The third kappa shape index (κ3) is 1.52. The zero-order valence-electron chi connectivity index (χ0n) is 9.19. The van der Waals surface area contributed by atoms with Gasteiger partial charge in [-0.1, -0.05) is 0 Å². The molecule has 0 saturated carbocycles. The van der Waals surface area contributed by atoms with Crippen LogP contribution in [0.15, 0.2) is 29.9 Å². The molecule has 0 saturated heterocycles. The van der Waals surface area contributed by atoms with E-state index in [-0.39, 0.29) is 0 Å². The maximum absolute atomic E-state index is 8.91. The second-order valence-electron chi connectivity index (χ2n) is 3.82. The summed E-state index contributed by atoms with van der Waals surface area (Å²) in [6.45, 7) is 2.10. The topological polar surface area (TPSA) is 52.5 Å². The molecule has 0 aromatic carbocycles. The Morgan fingerprint density at radius 3 is 3.00 bits per heavy atom. The molecule has 0 unspecified atom stereocenters. The number of thiophene rings is 1. The highest BCUT2D eigenvalue weighted by Gasteiger charge is 2.10. The first-order valence-electron chi connectivity index (χ1n) is 5.21. The number of nitrogens with zero attached hydrogens (tertiary/aromatic N) is 2. The van der Waals surface area contributed by atoms with E-state index in [0.717, 1.165) is 16.6 Å². The lowest BCUT2D eigenvalue weighted by atomic mass is 10.1. The average Bonchev–Trinajstić information content (AvgIpc) is 2.94. The first kappa shape index (κ1) is 10.1. The van der Waals surface area contributed by atoms with Crippen LogP contribution in [0.3, 0.4) is 0 Å². The van der Waals surface area contributed by atoms with Crippen molar-refractivity contribution >= 4 is 22.4 Å². The number of aryl methyl sites for hydroxylation is 1. The summed E-state index contributed by atoms with van der Waals surface area (Å²) in [7, 11) is 0. The highest BCUT2D eigenvalue weighted by Crippen LogP contribution is 2.32. The Morgan fingerprint density at radius 1 is 1.41 bits per heavy atom. The van der Waals surface area contributed by atoms with Crippen molar-refractivity contribution in [2.45, 2.75) is 6.92 Å². The molecule has 3 aromatic heterocycles. The minimum absolute atomic E-state index is 0.589. The molecule has 0 spiro atoms. The molecular weight excluding hydrogens is 230 g/mol. The molecule has 82 valence electrons. The van der Waals surface area contributed by atoms with E-state index in [1.807, 2.05) is 12.3 Å². The lowest BCUT2D eigenvalue weighted by Gasteiger charge is -1.97. The molecule has 0 atom stereocenters. The van der Waals surface area contributed by atoms with Gasteiger partial charge in [0, 0.05) is 28.2 Å². The summed E-state index contributed by atoms with van der Waals surface area (Å²) in [6, 6.07) is 6.10. The van der Waals surface area contributed by atoms with E-state index >= 15 is 0 Å². The van der Waals surface area contributed by atoms with Crippen molar-refractivity contribution in [2.75, 3.05) is 0 Å². The first-order chi connectivity index (χ1) is 8.29. The molecule has 3 aromatic rings. The van der Waals surface area contributed by atoms with E-state index in [4.69, 9.17) is 5.26 Å². The van der Waals surface area contributed by atoms with Gasteiger partial charge in [-0.3, -0.25) is 0 Å². The molecule has 3 rings (SSSR count). The van der Waals surface area contributed by atoms with Gasteiger partial charge in [0.25, 0.3) is 0 Å². The molecule has 4 heteroatoms. The van der Waals surface area contributed by atoms with Crippen molar-refractivity contribution in [3.8, 4) is 17.2 Å². The maximum atomic E-state index is 8.91. The third-order valence-electron chi connectivity index (χ3n) is 2.81. The predicted molar refractivity (Wildman–Crippen MR) is 68.9 cm³/mol. The molecule has 3 nitrogen and oxygen atoms in total. The molecule has 1 N–H and O–H groups in total. The van der Waals surface area contributed by atoms with E-state index in [1.54, 1.807) is 17.5 Å². The summed E-state index contributed by atoms with van der Waals surface area (Å²) in [5.74, 6) is 0. The first-order valence-corrected chi connectivity index (χ1v) is 6.09. The number of H-pyrrole nitrogens is 1. The Hall–Kier alpha value is -2.12. The second-order valence-corrected chi connectivity index (χ2v) is 4.95. The highest BCUT2D eigenvalue weighted by atomic mass is 32.1. The third-order valence-corrected chi connectivity index (χ3v) is 3.65. The Labute approximate surface area is 102 Å². The largest absolute Gasteiger partial charge is 0.346 e. The van der Waals surface area contributed by atoms with Gasteiger partial charge in [-0.2, -0.15) is 5.26 Å². The number of hydrogen-bond donors (Lipinski definition) is 1. The van der Waals surface area contributed by atoms with Gasteiger partial charge < -0.3 is 4.98 Å². The molecule has 0 amide bonds. The van der Waals surface area contributed by atoms with Crippen LogP contribution in [0, 0.1) is 18.3 Å². The summed E-state index contributed by atoms with van der Waals surface area (Å²) < 4.78 is 0. The monoisotopic (exact) mass is 239 g/mol. The summed E-state index contributed by atoms with van der Waals surface area (Å²) >= 11 is 1.72. The smallest absolute Gasteiger partial charge is 0.137 e. The predicted octanol–water partition coefficient (Wildman–Crippen LogP) is 3.47. The lowest BCUT2D eigenvalue weighted by Crippen LogP contribution is -1.80. The summed E-state index contributed by atoms with van der Waals surface area (Å²) in [5, 5.41) is 12.0. The molecule has 0 aliphatic carbocycles. The van der Waals surface area contributed by atoms with Crippen LogP contribution in [0.5, 0.6) is 0 Å². The average molecular weight is 239 g/mol. The Balaban J connectivity index is 2.31. The minimum atomic E-state index is 0.589. The Bertz CT molecular complexity index is 731. The molecule has 0 aliphatic rings. The van der Waals surface area contributed by atoms with Crippen molar-refractivity contribution < 1.29 is 0 Å². The van der Waals surface area contributed by atoms with Gasteiger partial charge in [0.05, 0.1) is 5.56 Å². The number of rotatable bonds is 1. The molecule has 0 fully saturated rings. The van der Waals surface area contributed by atoms with Crippen molar-refractivity contribution in [3.05, 3.63) is 40.3 Å².